The van der Waals surface area contributed by atoms with Gasteiger partial charge in [-0.2, -0.15) is 0 Å². The van der Waals surface area contributed by atoms with Crippen LogP contribution < -0.4 is 18.9 Å². The van der Waals surface area contributed by atoms with Crippen molar-refractivity contribution in [2.24, 2.45) is 0 Å². The van der Waals surface area contributed by atoms with Gasteiger partial charge in [0.05, 0.1) is 19.3 Å². The molecule has 3 N–H and O–H groups in total. The number of aliphatic hydroxyl groups is 1. The van der Waals surface area contributed by atoms with Crippen LogP contribution in [-0.4, -0.2) is 56.6 Å². The molecule has 2 aromatic carbocycles. The van der Waals surface area contributed by atoms with Crippen LogP contribution in [0.5, 0.6) is 17.2 Å². The van der Waals surface area contributed by atoms with Crippen LogP contribution in [0.3, 0.4) is 0 Å². The number of hydrogen-bond acceptors (Lipinski definition) is 7. The molecule has 0 spiro atoms. The summed E-state index contributed by atoms with van der Waals surface area (Å²) in [4.78, 5) is 10.8. The molecule has 1 aliphatic carbocycles. The Bertz CT molecular complexity index is 1070. The number of para-hydroxylation sites is 2. The Hall–Kier alpha value is -2.82. The van der Waals surface area contributed by atoms with E-state index in [0.717, 1.165) is 0 Å². The Balaban J connectivity index is 1.64. The smallest absolute Gasteiger partial charge is 0.341 e. The highest BCUT2D eigenvalue weighted by Gasteiger charge is 2.51. The maximum Gasteiger partial charge on any atom is 0.341 e. The molecule has 0 radical (unpaired) electrons. The molecule has 9 nitrogen and oxygen atoms in total. The van der Waals surface area contributed by atoms with Gasteiger partial charge in [0.2, 0.25) is 10.0 Å². The molecule has 10 heteroatoms. The number of nitrogens with one attached hydrogen (secondary N) is 1. The first-order chi connectivity index (χ1) is 14.3. The Morgan fingerprint density at radius 1 is 1.20 bits per heavy atom. The lowest BCUT2D eigenvalue weighted by Gasteiger charge is -2.22. The van der Waals surface area contributed by atoms with Crippen LogP contribution in [0.25, 0.3) is 0 Å². The van der Waals surface area contributed by atoms with E-state index >= 15 is 0 Å². The molecule has 30 heavy (non-hydrogen) atoms. The normalized spacial score (nSPS) is 24.6. The first kappa shape index (κ1) is 20.5. The van der Waals surface area contributed by atoms with Gasteiger partial charge in [-0.15, -0.1) is 0 Å². The maximum atomic E-state index is 13.0. The quantitative estimate of drug-likeness (QED) is 0.590. The van der Waals surface area contributed by atoms with Gasteiger partial charge in [-0.1, -0.05) is 24.3 Å². The number of rotatable bonds is 7. The largest absolute Gasteiger partial charge is 0.495 e. The van der Waals surface area contributed by atoms with Crippen LogP contribution in [0.1, 0.15) is 17.9 Å². The highest BCUT2D eigenvalue weighted by Crippen LogP contribution is 2.51. The molecular weight excluding hydrogens is 414 g/mol. The molecule has 4 atom stereocenters. The highest BCUT2D eigenvalue weighted by atomic mass is 32.2. The topological polar surface area (TPSA) is 131 Å². The second-order valence-corrected chi connectivity index (χ2v) is 8.82. The van der Waals surface area contributed by atoms with Crippen molar-refractivity contribution in [3.8, 4) is 17.2 Å². The fraction of sp³-hybridized carbons (Fsp3) is 0.350. The minimum absolute atomic E-state index is 0.0270. The van der Waals surface area contributed by atoms with E-state index in [-0.39, 0.29) is 22.8 Å². The van der Waals surface area contributed by atoms with Crippen molar-refractivity contribution in [3.05, 3.63) is 48.0 Å². The van der Waals surface area contributed by atoms with Crippen LogP contribution in [0.15, 0.2) is 47.4 Å². The molecule has 1 aliphatic heterocycles. The third-order valence-electron chi connectivity index (χ3n) is 5.31. The maximum absolute atomic E-state index is 13.0. The number of sulfonamides is 1. The zero-order valence-corrected chi connectivity index (χ0v) is 16.8. The Kier molecular flexibility index (Phi) is 5.31. The van der Waals surface area contributed by atoms with Crippen LogP contribution in [-0.2, 0) is 14.8 Å². The fourth-order valence-electron chi connectivity index (χ4n) is 4.08. The van der Waals surface area contributed by atoms with E-state index in [1.54, 1.807) is 36.4 Å². The first-order valence-corrected chi connectivity index (χ1v) is 10.8. The lowest BCUT2D eigenvalue weighted by Crippen LogP contribution is -2.43. The molecular formula is C20H21NO8S. The zero-order valence-electron chi connectivity index (χ0n) is 16.0. The van der Waals surface area contributed by atoms with E-state index in [4.69, 9.17) is 19.3 Å². The lowest BCUT2D eigenvalue weighted by molar-refractivity contribution is -0.139. The number of aliphatic carboxylic acids is 1. The summed E-state index contributed by atoms with van der Waals surface area (Å²) in [5, 5.41) is 19.4. The molecule has 0 bridgehead atoms. The second kappa shape index (κ2) is 7.78. The number of hydrogen-bond donors (Lipinski definition) is 3. The van der Waals surface area contributed by atoms with Crippen molar-refractivity contribution < 1.29 is 37.6 Å². The van der Waals surface area contributed by atoms with E-state index in [0.29, 0.717) is 11.3 Å². The van der Waals surface area contributed by atoms with Gasteiger partial charge in [-0.3, -0.25) is 0 Å². The first-order valence-electron chi connectivity index (χ1n) is 9.29. The molecule has 2 aliphatic rings. The number of methoxy groups -OCH3 is 1. The summed E-state index contributed by atoms with van der Waals surface area (Å²) in [5.41, 5.74) is 0.659. The molecule has 0 aromatic heterocycles. The van der Waals surface area contributed by atoms with Crippen LogP contribution in [0.2, 0.25) is 0 Å². The molecule has 4 unspecified atom stereocenters. The molecule has 2 aromatic rings. The Labute approximate surface area is 173 Å². The average molecular weight is 435 g/mol. The fourth-order valence-corrected chi connectivity index (χ4v) is 5.54. The molecule has 1 saturated carbocycles. The lowest BCUT2D eigenvalue weighted by atomic mass is 9.94. The van der Waals surface area contributed by atoms with Crippen LogP contribution in [0, 0.1) is 0 Å². The number of fused-ring (bicyclic) bond motifs is 3. The van der Waals surface area contributed by atoms with Crippen LogP contribution >= 0.6 is 0 Å². The summed E-state index contributed by atoms with van der Waals surface area (Å²) in [5.74, 6) is -0.731. The van der Waals surface area contributed by atoms with E-state index < -0.39 is 46.8 Å². The minimum Gasteiger partial charge on any atom is -0.495 e. The van der Waals surface area contributed by atoms with Gasteiger partial charge in [0, 0.05) is 17.9 Å². The van der Waals surface area contributed by atoms with E-state index in [9.17, 15) is 18.3 Å². The van der Waals surface area contributed by atoms with E-state index in [1.807, 2.05) is 0 Å². The number of benzene rings is 2. The number of carbonyl (C=O) groups is 1. The number of carboxylic acids is 1. The van der Waals surface area contributed by atoms with E-state index in [1.165, 1.54) is 13.2 Å². The monoisotopic (exact) mass is 435 g/mol. The van der Waals surface area contributed by atoms with Crippen molar-refractivity contribution in [1.82, 2.24) is 4.72 Å². The van der Waals surface area contributed by atoms with Crippen molar-refractivity contribution >= 4 is 16.0 Å². The predicted molar refractivity (Wildman–Crippen MR) is 104 cm³/mol. The van der Waals surface area contributed by atoms with Crippen molar-refractivity contribution in [1.29, 1.82) is 0 Å². The molecule has 0 amide bonds. The van der Waals surface area contributed by atoms with Gasteiger partial charge in [0.25, 0.3) is 0 Å². The number of aliphatic hydroxyl groups excluding tert-OH is 1. The SMILES string of the molecule is COc1ccccc1S(=O)(=O)NC1C(O)CC2Oc3c(OCC(=O)O)cccc3C21. The molecule has 160 valence electrons. The van der Waals surface area contributed by atoms with Crippen molar-refractivity contribution in [2.45, 2.75) is 35.5 Å². The van der Waals surface area contributed by atoms with Crippen molar-refractivity contribution in [2.75, 3.05) is 13.7 Å². The van der Waals surface area contributed by atoms with Gasteiger partial charge in [0.15, 0.2) is 18.1 Å². The minimum atomic E-state index is -3.99. The summed E-state index contributed by atoms with van der Waals surface area (Å²) in [6, 6.07) is 10.4. The van der Waals surface area contributed by atoms with Gasteiger partial charge in [-0.25, -0.2) is 17.9 Å². The standard InChI is InChI=1S/C20H21NO8S/c1-27-13-6-2-3-8-16(13)30(25,26)21-19-12(22)9-15-18(19)11-5-4-7-14(20(11)29-15)28-10-17(23)24/h2-8,12,15,18-19,21-22H,9-10H2,1H3,(H,23,24). The summed E-state index contributed by atoms with van der Waals surface area (Å²) in [6.07, 6.45) is -1.20. The van der Waals surface area contributed by atoms with Gasteiger partial charge in [-0.05, 0) is 18.2 Å². The summed E-state index contributed by atoms with van der Waals surface area (Å²) in [6.45, 7) is -0.526. The summed E-state index contributed by atoms with van der Waals surface area (Å²) >= 11 is 0. The van der Waals surface area contributed by atoms with Gasteiger partial charge >= 0.3 is 5.97 Å². The predicted octanol–water partition coefficient (Wildman–Crippen LogP) is 1.11. The van der Waals surface area contributed by atoms with Gasteiger partial charge in [0.1, 0.15) is 16.7 Å². The molecule has 1 heterocycles. The average Bonchev–Trinajstić information content (AvgIpc) is 3.22. The van der Waals surface area contributed by atoms with Gasteiger partial charge < -0.3 is 24.4 Å². The summed E-state index contributed by atoms with van der Waals surface area (Å²) in [7, 11) is -2.61. The zero-order chi connectivity index (χ0) is 21.5. The Morgan fingerprint density at radius 2 is 1.93 bits per heavy atom. The molecule has 0 saturated heterocycles. The molecule has 4 rings (SSSR count). The summed E-state index contributed by atoms with van der Waals surface area (Å²) < 4.78 is 45.0. The second-order valence-electron chi connectivity index (χ2n) is 7.14. The van der Waals surface area contributed by atoms with Crippen molar-refractivity contribution in [3.63, 3.8) is 0 Å². The third-order valence-corrected chi connectivity index (χ3v) is 6.81. The Morgan fingerprint density at radius 3 is 2.67 bits per heavy atom. The highest BCUT2D eigenvalue weighted by molar-refractivity contribution is 7.89. The third kappa shape index (κ3) is 3.57. The number of carboxylic acid groups (broad SMARTS) is 1. The molecule has 1 fully saturated rings. The van der Waals surface area contributed by atoms with E-state index in [2.05, 4.69) is 4.72 Å². The van der Waals surface area contributed by atoms with Crippen LogP contribution in [0.4, 0.5) is 0 Å². The number of ether oxygens (including phenoxy) is 3.